The van der Waals surface area contributed by atoms with Crippen molar-refractivity contribution < 1.29 is 4.79 Å². The maximum atomic E-state index is 12.3. The van der Waals surface area contributed by atoms with Gasteiger partial charge in [-0.2, -0.15) is 0 Å². The minimum absolute atomic E-state index is 0.0322. The number of rotatable bonds is 6. The Morgan fingerprint density at radius 2 is 1.95 bits per heavy atom. The van der Waals surface area contributed by atoms with E-state index in [0.29, 0.717) is 19.1 Å². The molecule has 0 bridgehead atoms. The topological polar surface area (TPSA) is 58.4 Å². The Hall–Kier alpha value is -1.39. The fraction of sp³-hybridized carbons (Fsp3) is 0.562. The van der Waals surface area contributed by atoms with E-state index < -0.39 is 0 Å². The van der Waals surface area contributed by atoms with Crippen molar-refractivity contribution in [3.8, 4) is 0 Å². The molecule has 2 unspecified atom stereocenters. The summed E-state index contributed by atoms with van der Waals surface area (Å²) < 4.78 is 0. The van der Waals surface area contributed by atoms with Crippen molar-refractivity contribution in [2.45, 2.75) is 31.7 Å². The summed E-state index contributed by atoms with van der Waals surface area (Å²) in [5, 5.41) is 3.05. The summed E-state index contributed by atoms with van der Waals surface area (Å²) in [6.07, 6.45) is 2.54. The highest BCUT2D eigenvalue weighted by molar-refractivity contribution is 5.83. The fourth-order valence-electron chi connectivity index (χ4n) is 2.76. The van der Waals surface area contributed by atoms with Crippen molar-refractivity contribution in [3.63, 3.8) is 0 Å². The van der Waals surface area contributed by atoms with Gasteiger partial charge in [-0.15, -0.1) is 0 Å². The number of nitrogens with zero attached hydrogens (tertiary/aromatic N) is 1. The molecule has 20 heavy (non-hydrogen) atoms. The first kappa shape index (κ1) is 15.0. The summed E-state index contributed by atoms with van der Waals surface area (Å²) in [6, 6.07) is 10.2. The molecule has 1 saturated heterocycles. The summed E-state index contributed by atoms with van der Waals surface area (Å²) in [6.45, 7) is 5.51. The minimum atomic E-state index is -0.248. The van der Waals surface area contributed by atoms with Gasteiger partial charge in [-0.3, -0.25) is 9.69 Å². The van der Waals surface area contributed by atoms with Gasteiger partial charge in [0.05, 0.1) is 5.92 Å². The van der Waals surface area contributed by atoms with Gasteiger partial charge in [-0.05, 0) is 38.4 Å². The molecule has 2 rings (SSSR count). The van der Waals surface area contributed by atoms with E-state index in [9.17, 15) is 4.79 Å². The number of nitrogens with two attached hydrogens (primary N) is 1. The smallest absolute Gasteiger partial charge is 0.228 e. The van der Waals surface area contributed by atoms with Crippen LogP contribution >= 0.6 is 0 Å². The summed E-state index contributed by atoms with van der Waals surface area (Å²) >= 11 is 0. The molecule has 3 N–H and O–H groups in total. The second-order valence-corrected chi connectivity index (χ2v) is 5.54. The lowest BCUT2D eigenvalue weighted by atomic mass is 9.98. The van der Waals surface area contributed by atoms with Crippen LogP contribution in [-0.4, -0.2) is 43.0 Å². The van der Waals surface area contributed by atoms with E-state index in [1.54, 1.807) is 0 Å². The monoisotopic (exact) mass is 275 g/mol. The normalized spacial score (nSPS) is 18.7. The first-order valence-electron chi connectivity index (χ1n) is 7.49. The summed E-state index contributed by atoms with van der Waals surface area (Å²) in [5.41, 5.74) is 6.75. The third kappa shape index (κ3) is 3.81. The maximum Gasteiger partial charge on any atom is 0.228 e. The zero-order valence-corrected chi connectivity index (χ0v) is 12.2. The van der Waals surface area contributed by atoms with Crippen LogP contribution in [0.1, 0.15) is 31.2 Å². The molecule has 1 aromatic carbocycles. The van der Waals surface area contributed by atoms with Crippen molar-refractivity contribution in [1.82, 2.24) is 10.2 Å². The van der Waals surface area contributed by atoms with Crippen LogP contribution in [0.15, 0.2) is 30.3 Å². The molecular formula is C16H25N3O. The van der Waals surface area contributed by atoms with Gasteiger partial charge >= 0.3 is 0 Å². The predicted molar refractivity (Wildman–Crippen MR) is 81.5 cm³/mol. The van der Waals surface area contributed by atoms with Gasteiger partial charge in [0.25, 0.3) is 0 Å². The van der Waals surface area contributed by atoms with Gasteiger partial charge in [0, 0.05) is 19.1 Å². The largest absolute Gasteiger partial charge is 0.354 e. The van der Waals surface area contributed by atoms with Crippen LogP contribution < -0.4 is 11.1 Å². The van der Waals surface area contributed by atoms with Crippen LogP contribution in [-0.2, 0) is 4.79 Å². The molecule has 1 amide bonds. The van der Waals surface area contributed by atoms with Crippen LogP contribution in [0, 0.1) is 0 Å². The molecule has 1 aliphatic rings. The lowest BCUT2D eigenvalue weighted by molar-refractivity contribution is -0.122. The minimum Gasteiger partial charge on any atom is -0.354 e. The number of hydrogen-bond donors (Lipinski definition) is 2. The summed E-state index contributed by atoms with van der Waals surface area (Å²) in [5.74, 6) is -0.216. The van der Waals surface area contributed by atoms with E-state index in [0.717, 1.165) is 18.7 Å². The summed E-state index contributed by atoms with van der Waals surface area (Å²) in [7, 11) is 0. The quantitative estimate of drug-likeness (QED) is 0.823. The lowest BCUT2D eigenvalue weighted by Crippen LogP contribution is -2.43. The number of benzene rings is 1. The van der Waals surface area contributed by atoms with E-state index in [1.165, 1.54) is 12.8 Å². The molecule has 4 nitrogen and oxygen atoms in total. The number of likely N-dealkylation sites (tertiary alicyclic amines) is 1. The maximum absolute atomic E-state index is 12.3. The molecule has 1 fully saturated rings. The van der Waals surface area contributed by atoms with Crippen molar-refractivity contribution in [3.05, 3.63) is 35.9 Å². The van der Waals surface area contributed by atoms with Crippen molar-refractivity contribution in [2.24, 2.45) is 5.73 Å². The Bertz CT molecular complexity index is 415. The van der Waals surface area contributed by atoms with Crippen LogP contribution in [0.3, 0.4) is 0 Å². The fourth-order valence-corrected chi connectivity index (χ4v) is 2.76. The highest BCUT2D eigenvalue weighted by atomic mass is 16.1. The first-order chi connectivity index (χ1) is 9.72. The van der Waals surface area contributed by atoms with E-state index >= 15 is 0 Å². The molecule has 0 aliphatic carbocycles. The molecule has 0 saturated carbocycles. The highest BCUT2D eigenvalue weighted by Crippen LogP contribution is 2.15. The van der Waals surface area contributed by atoms with Crippen LogP contribution in [0.2, 0.25) is 0 Å². The van der Waals surface area contributed by atoms with Crippen LogP contribution in [0.25, 0.3) is 0 Å². The van der Waals surface area contributed by atoms with Gasteiger partial charge in [-0.1, -0.05) is 30.3 Å². The Balaban J connectivity index is 1.86. The van der Waals surface area contributed by atoms with Crippen molar-refractivity contribution in [2.75, 3.05) is 26.2 Å². The predicted octanol–water partition coefficient (Wildman–Crippen LogP) is 1.33. The van der Waals surface area contributed by atoms with Crippen molar-refractivity contribution in [1.29, 1.82) is 0 Å². The van der Waals surface area contributed by atoms with Gasteiger partial charge in [0.1, 0.15) is 0 Å². The van der Waals surface area contributed by atoms with E-state index in [2.05, 4.69) is 17.1 Å². The molecule has 1 aromatic rings. The first-order valence-corrected chi connectivity index (χ1v) is 7.49. The number of hydrogen-bond acceptors (Lipinski definition) is 3. The number of nitrogens with one attached hydrogen (secondary N) is 1. The Morgan fingerprint density at radius 1 is 1.30 bits per heavy atom. The molecule has 0 spiro atoms. The van der Waals surface area contributed by atoms with E-state index in [-0.39, 0.29) is 11.8 Å². The van der Waals surface area contributed by atoms with Crippen molar-refractivity contribution >= 4 is 5.91 Å². The molecular weight excluding hydrogens is 250 g/mol. The number of carbonyl (C=O) groups is 1. The molecule has 1 heterocycles. The number of amides is 1. The SMILES string of the molecule is CC(CNC(=O)C(CN)c1ccccc1)N1CCCC1. The van der Waals surface area contributed by atoms with Gasteiger partial charge < -0.3 is 11.1 Å². The zero-order chi connectivity index (χ0) is 14.4. The Labute approximate surface area is 121 Å². The van der Waals surface area contributed by atoms with Gasteiger partial charge in [-0.25, -0.2) is 0 Å². The second kappa shape index (κ2) is 7.41. The molecule has 2 atom stereocenters. The third-order valence-corrected chi connectivity index (χ3v) is 4.09. The molecule has 110 valence electrons. The third-order valence-electron chi connectivity index (χ3n) is 4.09. The summed E-state index contributed by atoms with van der Waals surface area (Å²) in [4.78, 5) is 14.7. The molecule has 0 aromatic heterocycles. The molecule has 1 aliphatic heterocycles. The Kier molecular flexibility index (Phi) is 5.56. The molecule has 4 heteroatoms. The van der Waals surface area contributed by atoms with Crippen LogP contribution in [0.5, 0.6) is 0 Å². The second-order valence-electron chi connectivity index (χ2n) is 5.54. The van der Waals surface area contributed by atoms with E-state index in [4.69, 9.17) is 5.73 Å². The lowest BCUT2D eigenvalue weighted by Gasteiger charge is -2.25. The standard InChI is InChI=1S/C16H25N3O/c1-13(19-9-5-6-10-19)12-18-16(20)15(11-17)14-7-3-2-4-8-14/h2-4,7-8,13,15H,5-6,9-12,17H2,1H3,(H,18,20). The number of carbonyl (C=O) groups excluding carboxylic acids is 1. The highest BCUT2D eigenvalue weighted by Gasteiger charge is 2.22. The zero-order valence-electron chi connectivity index (χ0n) is 12.2. The average molecular weight is 275 g/mol. The average Bonchev–Trinajstić information content (AvgIpc) is 3.01. The molecule has 0 radical (unpaired) electrons. The van der Waals surface area contributed by atoms with Crippen LogP contribution in [0.4, 0.5) is 0 Å². The van der Waals surface area contributed by atoms with Gasteiger partial charge in [0.2, 0.25) is 5.91 Å². The van der Waals surface area contributed by atoms with E-state index in [1.807, 2.05) is 30.3 Å². The van der Waals surface area contributed by atoms with Gasteiger partial charge in [0.15, 0.2) is 0 Å². The Morgan fingerprint density at radius 3 is 2.55 bits per heavy atom.